The predicted molar refractivity (Wildman–Crippen MR) is 268 cm³/mol. The molecule has 0 radical (unpaired) electrons. The first-order valence-electron chi connectivity index (χ1n) is 24.6. The van der Waals surface area contributed by atoms with E-state index in [1.54, 1.807) is 47.2 Å². The topological polar surface area (TPSA) is 195 Å². The number of rotatable bonds is 17. The molecule has 392 valence electrons. The number of carbonyl (C=O) groups is 4. The number of amides is 4. The first-order chi connectivity index (χ1) is 34.4. The van der Waals surface area contributed by atoms with E-state index in [-0.39, 0.29) is 68.3 Å². The van der Waals surface area contributed by atoms with Gasteiger partial charge >= 0.3 is 6.18 Å². The summed E-state index contributed by atoms with van der Waals surface area (Å²) in [5.41, 5.74) is 1.55. The molecule has 3 heterocycles. The molecular weight excluding hydrogens is 964 g/mol. The number of thiazole rings is 1. The SMILES string of the molecule is Cc1ncsc1-c1ccc(CNC(=O)[C@H]2C[C@@H](O)CN2C(=O)[C@@H](NC(=O)CN2CCC(OCCOc3ccc(C(=O)NC4C(C)(C)C(Oc5ccc(C#N)c(C(F)(F)F)c5)C4(C)C)cc3)CC2)C(C)(C)C)cc1. The lowest BCUT2D eigenvalue weighted by atomic mass is 9.49. The zero-order valence-corrected chi connectivity index (χ0v) is 43.4. The van der Waals surface area contributed by atoms with Gasteiger partial charge in [-0.1, -0.05) is 72.7 Å². The number of aliphatic hydroxyl groups is 1. The van der Waals surface area contributed by atoms with Crippen LogP contribution in [0.1, 0.15) is 100 Å². The molecule has 1 saturated carbocycles. The van der Waals surface area contributed by atoms with E-state index in [4.69, 9.17) is 19.5 Å². The number of alkyl halides is 3. The summed E-state index contributed by atoms with van der Waals surface area (Å²) in [6.07, 6.45) is -4.71. The zero-order chi connectivity index (χ0) is 53.0. The summed E-state index contributed by atoms with van der Waals surface area (Å²) < 4.78 is 58.9. The van der Waals surface area contributed by atoms with E-state index in [1.807, 2.05) is 84.6 Å². The van der Waals surface area contributed by atoms with Gasteiger partial charge in [0.15, 0.2) is 0 Å². The number of halogens is 3. The summed E-state index contributed by atoms with van der Waals surface area (Å²) in [6.45, 7) is 17.2. The predicted octanol–water partition coefficient (Wildman–Crippen LogP) is 7.29. The number of nitrogens with zero attached hydrogens (tertiary/aromatic N) is 4. The van der Waals surface area contributed by atoms with Crippen LogP contribution in [0.15, 0.2) is 72.2 Å². The Labute approximate surface area is 428 Å². The number of hydrogen-bond donors (Lipinski definition) is 4. The van der Waals surface area contributed by atoms with Gasteiger partial charge in [-0.3, -0.25) is 24.1 Å². The fourth-order valence-corrected chi connectivity index (χ4v) is 11.4. The highest BCUT2D eigenvalue weighted by molar-refractivity contribution is 7.13. The van der Waals surface area contributed by atoms with Crippen molar-refractivity contribution in [2.24, 2.45) is 16.2 Å². The Bertz CT molecular complexity index is 2640. The van der Waals surface area contributed by atoms with Gasteiger partial charge < -0.3 is 40.2 Å². The number of hydrogen-bond acceptors (Lipinski definition) is 12. The number of aryl methyl sites for hydroxylation is 1. The van der Waals surface area contributed by atoms with E-state index in [0.29, 0.717) is 43.9 Å². The first kappa shape index (κ1) is 54.7. The maximum atomic E-state index is 14.1. The molecule has 4 amide bonds. The molecule has 3 fully saturated rings. The number of β-amino-alcohol motifs (C(OH)–C–C–N with tert-alkyl or cyclic N) is 1. The zero-order valence-electron chi connectivity index (χ0n) is 42.6. The van der Waals surface area contributed by atoms with E-state index < -0.39 is 63.7 Å². The Balaban J connectivity index is 0.813. The van der Waals surface area contributed by atoms with Crippen LogP contribution in [-0.2, 0) is 31.8 Å². The van der Waals surface area contributed by atoms with Gasteiger partial charge in [-0.15, -0.1) is 11.3 Å². The van der Waals surface area contributed by atoms with E-state index in [2.05, 4.69) is 20.9 Å². The minimum absolute atomic E-state index is 0.00820. The molecule has 2 saturated heterocycles. The normalized spacial score (nSPS) is 21.3. The number of likely N-dealkylation sites (tertiary alicyclic amines) is 2. The van der Waals surface area contributed by atoms with Crippen LogP contribution in [0.3, 0.4) is 0 Å². The smallest absolute Gasteiger partial charge is 0.417 e. The Kier molecular flexibility index (Phi) is 16.6. The second-order valence-electron chi connectivity index (χ2n) is 21.5. The molecule has 3 aliphatic rings. The minimum Gasteiger partial charge on any atom is -0.491 e. The van der Waals surface area contributed by atoms with Crippen LogP contribution in [0.25, 0.3) is 10.4 Å². The average molecular weight is 1030 g/mol. The largest absolute Gasteiger partial charge is 0.491 e. The lowest BCUT2D eigenvalue weighted by Crippen LogP contribution is -2.74. The number of nitriles is 1. The van der Waals surface area contributed by atoms with Crippen LogP contribution in [0.5, 0.6) is 11.5 Å². The molecule has 0 unspecified atom stereocenters. The third-order valence-corrected chi connectivity index (χ3v) is 15.2. The molecule has 4 aromatic rings. The van der Waals surface area contributed by atoms with E-state index in [9.17, 15) is 37.5 Å². The molecule has 73 heavy (non-hydrogen) atoms. The average Bonchev–Trinajstić information content (AvgIpc) is 3.96. The van der Waals surface area contributed by atoms with E-state index >= 15 is 0 Å². The van der Waals surface area contributed by atoms with Crippen LogP contribution in [-0.4, -0.2) is 119 Å². The summed E-state index contributed by atoms with van der Waals surface area (Å²) in [4.78, 5) is 63.4. The quantitative estimate of drug-likeness (QED) is 0.0776. The number of nitrogens with one attached hydrogen (secondary N) is 3. The summed E-state index contributed by atoms with van der Waals surface area (Å²) in [7, 11) is 0. The van der Waals surface area contributed by atoms with Crippen molar-refractivity contribution >= 4 is 35.0 Å². The van der Waals surface area contributed by atoms with Crippen molar-refractivity contribution in [3.05, 3.63) is 100 Å². The molecular formula is C54H66F3N7O8S. The van der Waals surface area contributed by atoms with Gasteiger partial charge in [0.05, 0.1) is 58.6 Å². The van der Waals surface area contributed by atoms with Crippen molar-refractivity contribution in [1.82, 2.24) is 30.7 Å². The highest BCUT2D eigenvalue weighted by Gasteiger charge is 2.64. The van der Waals surface area contributed by atoms with Crippen LogP contribution in [0.4, 0.5) is 13.2 Å². The van der Waals surface area contributed by atoms with Crippen molar-refractivity contribution in [2.45, 2.75) is 124 Å². The van der Waals surface area contributed by atoms with Crippen molar-refractivity contribution in [3.8, 4) is 28.0 Å². The number of aliphatic hydroxyl groups excluding tert-OH is 1. The molecule has 0 spiro atoms. The van der Waals surface area contributed by atoms with Crippen LogP contribution in [0.2, 0.25) is 0 Å². The molecule has 4 N–H and O–H groups in total. The van der Waals surface area contributed by atoms with Gasteiger partial charge in [0.1, 0.15) is 36.3 Å². The molecule has 15 nitrogen and oxygen atoms in total. The fourth-order valence-electron chi connectivity index (χ4n) is 10.6. The maximum absolute atomic E-state index is 14.1. The Hall–Kier alpha value is -6.07. The Morgan fingerprint density at radius 3 is 2.21 bits per heavy atom. The number of piperidine rings is 1. The van der Waals surface area contributed by atoms with Gasteiger partial charge in [0.2, 0.25) is 17.7 Å². The lowest BCUT2D eigenvalue weighted by molar-refractivity contribution is -0.164. The third kappa shape index (κ3) is 12.8. The van der Waals surface area contributed by atoms with Crippen LogP contribution in [0, 0.1) is 34.5 Å². The second kappa shape index (κ2) is 22.2. The van der Waals surface area contributed by atoms with Crippen molar-refractivity contribution in [2.75, 3.05) is 39.4 Å². The minimum atomic E-state index is -4.72. The molecule has 2 aliphatic heterocycles. The van der Waals surface area contributed by atoms with Crippen LogP contribution >= 0.6 is 11.3 Å². The highest BCUT2D eigenvalue weighted by atomic mass is 32.1. The molecule has 1 aliphatic carbocycles. The van der Waals surface area contributed by atoms with E-state index in [1.165, 1.54) is 11.0 Å². The molecule has 3 aromatic carbocycles. The lowest BCUT2D eigenvalue weighted by Gasteiger charge is -2.63. The molecule has 1 aromatic heterocycles. The molecule has 3 atom stereocenters. The number of benzene rings is 3. The molecule has 19 heteroatoms. The standard InChI is InChI=1S/C54H66F3N7O8S/c1-32-44(73-31-60-32)34-11-9-33(10-12-34)28-59-47(68)42-25-37(65)29-64(42)48(69)45(51(2,3)4)61-43(66)30-63-21-19-39(20-22-63)71-24-23-70-38-16-13-35(14-17-38)46(67)62-49-52(5,6)50(53(49,7)8)72-40-18-15-36(27-58)41(26-40)54(55,56)57/h9-18,26,31,37,39,42,45,49-50,65H,19-25,28-30H2,1-8H3,(H,59,68)(H,61,66)(H,62,67)/t37-,42-,45-,49?,50?/m1/s1. The Morgan fingerprint density at radius 1 is 0.945 bits per heavy atom. The summed E-state index contributed by atoms with van der Waals surface area (Å²) >= 11 is 1.57. The summed E-state index contributed by atoms with van der Waals surface area (Å²) in [5.74, 6) is -0.885. The van der Waals surface area contributed by atoms with Crippen LogP contribution < -0.4 is 25.4 Å². The van der Waals surface area contributed by atoms with Crippen molar-refractivity contribution < 1.29 is 51.7 Å². The maximum Gasteiger partial charge on any atom is 0.417 e. The molecule has 7 rings (SSSR count). The highest BCUT2D eigenvalue weighted by Crippen LogP contribution is 2.56. The van der Waals surface area contributed by atoms with E-state index in [0.717, 1.165) is 33.8 Å². The van der Waals surface area contributed by atoms with Crippen molar-refractivity contribution in [1.29, 1.82) is 5.26 Å². The Morgan fingerprint density at radius 2 is 1.60 bits per heavy atom. The second-order valence-corrected chi connectivity index (χ2v) is 22.4. The van der Waals surface area contributed by atoms with Gasteiger partial charge in [-0.2, -0.15) is 18.4 Å². The summed E-state index contributed by atoms with van der Waals surface area (Å²) in [6, 6.07) is 17.2. The van der Waals surface area contributed by atoms with Gasteiger partial charge in [-0.25, -0.2) is 4.98 Å². The van der Waals surface area contributed by atoms with Crippen molar-refractivity contribution in [3.63, 3.8) is 0 Å². The fraction of sp³-hybridized carbons (Fsp3) is 0.519. The first-order valence-corrected chi connectivity index (χ1v) is 25.5. The van der Waals surface area contributed by atoms with Gasteiger partial charge in [0.25, 0.3) is 5.91 Å². The van der Waals surface area contributed by atoms with Gasteiger partial charge in [0, 0.05) is 55.0 Å². The molecule has 0 bridgehead atoms. The number of aromatic nitrogens is 1. The van der Waals surface area contributed by atoms with Gasteiger partial charge in [-0.05, 0) is 78.8 Å². The number of carbonyl (C=O) groups excluding carboxylic acids is 4. The summed E-state index contributed by atoms with van der Waals surface area (Å²) in [5, 5.41) is 28.8. The monoisotopic (exact) mass is 1030 g/mol. The third-order valence-electron chi connectivity index (χ3n) is 14.2. The number of ether oxygens (including phenoxy) is 3.